The van der Waals surface area contributed by atoms with Crippen molar-refractivity contribution >= 4 is 31.2 Å². The highest BCUT2D eigenvalue weighted by molar-refractivity contribution is 7.93. The summed E-state index contributed by atoms with van der Waals surface area (Å²) in [4.78, 5) is 0. The van der Waals surface area contributed by atoms with Gasteiger partial charge in [0, 0.05) is 6.54 Å². The molecule has 0 fully saturated rings. The van der Waals surface area contributed by atoms with Crippen LogP contribution in [0.15, 0.2) is 46.0 Å². The Kier molecular flexibility index (Phi) is 6.61. The van der Waals surface area contributed by atoms with Gasteiger partial charge in [-0.1, -0.05) is 25.1 Å². The molecule has 0 radical (unpaired) electrons. The van der Waals surface area contributed by atoms with Crippen LogP contribution < -0.4 is 9.46 Å². The van der Waals surface area contributed by atoms with Crippen molar-refractivity contribution in [3.8, 4) is 5.75 Å². The van der Waals surface area contributed by atoms with Gasteiger partial charge in [0.25, 0.3) is 0 Å². The van der Waals surface area contributed by atoms with E-state index < -0.39 is 25.1 Å². The van der Waals surface area contributed by atoms with Gasteiger partial charge in [0.2, 0.25) is 10.0 Å². The van der Waals surface area contributed by atoms with Crippen molar-refractivity contribution in [3.05, 3.63) is 47.3 Å². The molecule has 1 heterocycles. The zero-order valence-corrected chi connectivity index (χ0v) is 16.5. The highest BCUT2D eigenvalue weighted by Gasteiger charge is 2.31. The van der Waals surface area contributed by atoms with E-state index in [-0.39, 0.29) is 16.5 Å². The van der Waals surface area contributed by atoms with Crippen LogP contribution in [0.2, 0.25) is 0 Å². The van der Waals surface area contributed by atoms with E-state index in [9.17, 15) is 16.8 Å². The number of hydrogen-bond acceptors (Lipinski definition) is 6. The summed E-state index contributed by atoms with van der Waals surface area (Å²) in [6.45, 7) is 1.54. The maximum atomic E-state index is 13.0. The van der Waals surface area contributed by atoms with Gasteiger partial charge in [0.15, 0.2) is 9.84 Å². The fourth-order valence-electron chi connectivity index (χ4n) is 2.33. The summed E-state index contributed by atoms with van der Waals surface area (Å²) in [6.07, 6.45) is 0.459. The summed E-state index contributed by atoms with van der Waals surface area (Å²) in [7, 11) is -5.71. The summed E-state index contributed by atoms with van der Waals surface area (Å²) < 4.78 is 57.6. The van der Waals surface area contributed by atoms with Gasteiger partial charge in [0.1, 0.15) is 15.2 Å². The predicted molar refractivity (Wildman–Crippen MR) is 99.3 cm³/mol. The highest BCUT2D eigenvalue weighted by atomic mass is 32.2. The van der Waals surface area contributed by atoms with Crippen molar-refractivity contribution < 1.29 is 21.6 Å². The number of sulfonamides is 1. The Labute approximate surface area is 152 Å². The first-order valence-electron chi connectivity index (χ1n) is 7.69. The van der Waals surface area contributed by atoms with Crippen LogP contribution in [0.25, 0.3) is 0 Å². The molecule has 2 aromatic rings. The van der Waals surface area contributed by atoms with E-state index in [1.807, 2.05) is 0 Å². The molecular formula is C16H21NO5S3. The SMILES string of the molecule is CCCS(=O)(=O)NC[C@H](c1ccc(OC)cc1)S(=O)(=O)c1cccs1. The fraction of sp³-hybridized carbons (Fsp3) is 0.375. The van der Waals surface area contributed by atoms with Gasteiger partial charge in [-0.25, -0.2) is 21.6 Å². The first-order valence-corrected chi connectivity index (χ1v) is 11.8. The van der Waals surface area contributed by atoms with E-state index in [0.717, 1.165) is 11.3 Å². The third kappa shape index (κ3) is 5.04. The van der Waals surface area contributed by atoms with Gasteiger partial charge < -0.3 is 4.74 Å². The van der Waals surface area contributed by atoms with E-state index >= 15 is 0 Å². The molecule has 9 heteroatoms. The number of methoxy groups -OCH3 is 1. The van der Waals surface area contributed by atoms with Gasteiger partial charge in [-0.15, -0.1) is 11.3 Å². The Balaban J connectivity index is 2.37. The van der Waals surface area contributed by atoms with Gasteiger partial charge >= 0.3 is 0 Å². The molecule has 0 amide bonds. The first-order chi connectivity index (χ1) is 11.8. The van der Waals surface area contributed by atoms with Crippen LogP contribution in [0.4, 0.5) is 0 Å². The minimum Gasteiger partial charge on any atom is -0.497 e. The molecule has 1 N–H and O–H groups in total. The number of benzene rings is 1. The van der Waals surface area contributed by atoms with Crippen LogP contribution in [0, 0.1) is 0 Å². The lowest BCUT2D eigenvalue weighted by Crippen LogP contribution is -2.33. The lowest BCUT2D eigenvalue weighted by atomic mass is 10.1. The van der Waals surface area contributed by atoms with Crippen molar-refractivity contribution in [3.63, 3.8) is 0 Å². The number of rotatable bonds is 9. The van der Waals surface area contributed by atoms with Crippen LogP contribution in [0.5, 0.6) is 5.75 Å². The van der Waals surface area contributed by atoms with E-state index in [1.165, 1.54) is 13.2 Å². The first kappa shape index (κ1) is 19.9. The molecule has 0 aliphatic heterocycles. The summed E-state index contributed by atoms with van der Waals surface area (Å²) in [6, 6.07) is 9.78. The summed E-state index contributed by atoms with van der Waals surface area (Å²) >= 11 is 1.11. The third-order valence-corrected chi connectivity index (χ3v) is 8.68. The van der Waals surface area contributed by atoms with Crippen molar-refractivity contribution in [1.29, 1.82) is 0 Å². The average molecular weight is 404 g/mol. The minimum atomic E-state index is -3.72. The van der Waals surface area contributed by atoms with E-state index in [4.69, 9.17) is 4.74 Å². The Hall–Kier alpha value is -1.42. The molecule has 1 atom stereocenters. The van der Waals surface area contributed by atoms with Crippen molar-refractivity contribution in [2.45, 2.75) is 22.8 Å². The number of thiophene rings is 1. The largest absolute Gasteiger partial charge is 0.497 e. The Morgan fingerprint density at radius 1 is 1.12 bits per heavy atom. The second kappa shape index (κ2) is 8.31. The van der Waals surface area contributed by atoms with Crippen molar-refractivity contribution in [1.82, 2.24) is 4.72 Å². The molecule has 0 saturated heterocycles. The number of hydrogen-bond donors (Lipinski definition) is 1. The lowest BCUT2D eigenvalue weighted by Gasteiger charge is -2.18. The molecule has 2 rings (SSSR count). The van der Waals surface area contributed by atoms with Gasteiger partial charge in [0.05, 0.1) is 12.9 Å². The number of nitrogens with one attached hydrogen (secondary N) is 1. The quantitative estimate of drug-likeness (QED) is 0.695. The van der Waals surface area contributed by atoms with Crippen LogP contribution in [-0.2, 0) is 19.9 Å². The predicted octanol–water partition coefficient (Wildman–Crippen LogP) is 2.60. The zero-order chi connectivity index (χ0) is 18.5. The molecular weight excluding hydrogens is 382 g/mol. The molecule has 0 spiro atoms. The Bertz CT molecular complexity index is 872. The van der Waals surface area contributed by atoms with Crippen molar-refractivity contribution in [2.75, 3.05) is 19.4 Å². The minimum absolute atomic E-state index is 0.0403. The van der Waals surface area contributed by atoms with Crippen molar-refractivity contribution in [2.24, 2.45) is 0 Å². The van der Waals surface area contributed by atoms with Gasteiger partial charge in [-0.2, -0.15) is 0 Å². The molecule has 0 aliphatic rings. The summed E-state index contributed by atoms with van der Waals surface area (Å²) in [5.74, 6) is 0.559. The topological polar surface area (TPSA) is 89.5 Å². The van der Waals surface area contributed by atoms with Gasteiger partial charge in [-0.05, 0) is 35.6 Å². The second-order valence-corrected chi connectivity index (χ2v) is 10.6. The maximum Gasteiger partial charge on any atom is 0.211 e. The Morgan fingerprint density at radius 3 is 2.32 bits per heavy atom. The second-order valence-electron chi connectivity index (χ2n) is 5.41. The molecule has 0 aliphatic carbocycles. The van der Waals surface area contributed by atoms with Crippen LogP contribution in [0.3, 0.4) is 0 Å². The monoisotopic (exact) mass is 403 g/mol. The standard InChI is InChI=1S/C16H21NO5S3/c1-3-11-24(18,19)17-12-15(13-6-8-14(22-2)9-7-13)25(20,21)16-5-4-10-23-16/h4-10,15,17H,3,11-12H2,1-2H3/t15-/m1/s1. The molecule has 25 heavy (non-hydrogen) atoms. The molecule has 0 unspecified atom stereocenters. The lowest BCUT2D eigenvalue weighted by molar-refractivity contribution is 0.414. The Morgan fingerprint density at radius 2 is 1.80 bits per heavy atom. The van der Waals surface area contributed by atoms with E-state index in [1.54, 1.807) is 42.6 Å². The van der Waals surface area contributed by atoms with Crippen LogP contribution >= 0.6 is 11.3 Å². The van der Waals surface area contributed by atoms with E-state index in [0.29, 0.717) is 17.7 Å². The molecule has 0 bridgehead atoms. The molecule has 138 valence electrons. The number of sulfone groups is 1. The zero-order valence-electron chi connectivity index (χ0n) is 14.0. The molecule has 1 aromatic carbocycles. The molecule has 1 aromatic heterocycles. The molecule has 0 saturated carbocycles. The summed E-state index contributed by atoms with van der Waals surface area (Å²) in [5, 5.41) is 0.669. The maximum absolute atomic E-state index is 13.0. The smallest absolute Gasteiger partial charge is 0.211 e. The van der Waals surface area contributed by atoms with Crippen LogP contribution in [0.1, 0.15) is 24.2 Å². The third-order valence-electron chi connectivity index (χ3n) is 3.60. The van der Waals surface area contributed by atoms with E-state index in [2.05, 4.69) is 4.72 Å². The average Bonchev–Trinajstić information content (AvgIpc) is 3.10. The fourth-order valence-corrected chi connectivity index (χ4v) is 6.41. The molecule has 6 nitrogen and oxygen atoms in total. The summed E-state index contributed by atoms with van der Waals surface area (Å²) in [5.41, 5.74) is 0.508. The highest BCUT2D eigenvalue weighted by Crippen LogP contribution is 2.32. The normalized spacial score (nSPS) is 13.5. The number of ether oxygens (including phenoxy) is 1. The van der Waals surface area contributed by atoms with Crippen LogP contribution in [-0.4, -0.2) is 36.2 Å². The van der Waals surface area contributed by atoms with Gasteiger partial charge in [-0.3, -0.25) is 0 Å².